The Morgan fingerprint density at radius 3 is 1.35 bits per heavy atom. The van der Waals surface area contributed by atoms with Crippen LogP contribution in [0.5, 0.6) is 46.0 Å². The van der Waals surface area contributed by atoms with E-state index >= 15 is 0 Å². The highest BCUT2D eigenvalue weighted by atomic mass is 16.7. The third kappa shape index (κ3) is 11.1. The normalized spacial score (nSPS) is 19.6. The van der Waals surface area contributed by atoms with Gasteiger partial charge in [0, 0.05) is 11.1 Å². The van der Waals surface area contributed by atoms with E-state index in [1.165, 1.54) is 19.1 Å². The molecule has 12 nitrogen and oxygen atoms in total. The van der Waals surface area contributed by atoms with Gasteiger partial charge in [-0.05, 0) is 120 Å². The molecule has 4 aromatic carbocycles. The zero-order valence-electron chi connectivity index (χ0n) is 28.9. The molecule has 5 unspecified atom stereocenters. The lowest BCUT2D eigenvalue weighted by atomic mass is 10.00. The zero-order valence-corrected chi connectivity index (χ0v) is 28.9. The molecule has 1 heterocycles. The molecule has 12 heteroatoms. The molecule has 1 saturated heterocycles. The summed E-state index contributed by atoms with van der Waals surface area (Å²) in [7, 11) is 0. The Labute approximate surface area is 286 Å². The standard InChI is InChI=1S/C13H18O7.2C8H10O2.C8H10O/c1-5-3-4-7(10(16)8(5)14)20-13-12(18)11(17)9(15)6(2)19-13;2*1-5-3-7(9)6(2)8(10)4-5;1-6-3-4-7(2)8(9)5-6/h3-4,6,9,11-18H,1-2H3;2*3-4,9-10H,1-2H3;3-5,9H,1-2H3. The minimum Gasteiger partial charge on any atom is -0.508 e. The van der Waals surface area contributed by atoms with Crippen LogP contribution in [0.1, 0.15) is 45.9 Å². The fraction of sp³-hybridized carbons (Fsp3) is 0.351. The number of ether oxygens (including phenoxy) is 2. The van der Waals surface area contributed by atoms with Gasteiger partial charge in [0.05, 0.1) is 6.10 Å². The maximum absolute atomic E-state index is 9.80. The molecule has 5 rings (SSSR count). The topological polar surface area (TPSA) is 221 Å². The van der Waals surface area contributed by atoms with Gasteiger partial charge in [-0.15, -0.1) is 0 Å². The van der Waals surface area contributed by atoms with Crippen LogP contribution in [0.2, 0.25) is 0 Å². The number of aliphatic hydroxyl groups is 3. The lowest BCUT2D eigenvalue weighted by Crippen LogP contribution is -2.58. The molecular weight excluding hydrogens is 636 g/mol. The molecule has 4 aromatic rings. The van der Waals surface area contributed by atoms with Crippen molar-refractivity contribution in [3.63, 3.8) is 0 Å². The summed E-state index contributed by atoms with van der Waals surface area (Å²) in [4.78, 5) is 0. The fourth-order valence-electron chi connectivity index (χ4n) is 4.35. The molecule has 268 valence electrons. The van der Waals surface area contributed by atoms with E-state index in [-0.39, 0.29) is 34.5 Å². The number of aromatic hydroxyl groups is 7. The largest absolute Gasteiger partial charge is 0.508 e. The molecule has 49 heavy (non-hydrogen) atoms. The summed E-state index contributed by atoms with van der Waals surface area (Å²) in [5, 5.41) is 94.0. The van der Waals surface area contributed by atoms with Crippen molar-refractivity contribution in [2.24, 2.45) is 0 Å². The van der Waals surface area contributed by atoms with Crippen molar-refractivity contribution in [1.82, 2.24) is 0 Å². The first-order valence-electron chi connectivity index (χ1n) is 15.4. The molecule has 0 spiro atoms. The molecule has 1 fully saturated rings. The Balaban J connectivity index is 0.000000244. The van der Waals surface area contributed by atoms with E-state index in [1.54, 1.807) is 51.1 Å². The highest BCUT2D eigenvalue weighted by Crippen LogP contribution is 2.39. The van der Waals surface area contributed by atoms with Crippen molar-refractivity contribution in [2.45, 2.75) is 86.1 Å². The van der Waals surface area contributed by atoms with Gasteiger partial charge in [-0.3, -0.25) is 0 Å². The van der Waals surface area contributed by atoms with E-state index in [0.717, 1.165) is 22.3 Å². The molecule has 0 radical (unpaired) electrons. The number of phenolic OH excluding ortho intramolecular Hbond substituents is 7. The number of benzene rings is 4. The Bertz CT molecular complexity index is 1600. The van der Waals surface area contributed by atoms with Crippen molar-refractivity contribution in [2.75, 3.05) is 0 Å². The van der Waals surface area contributed by atoms with Gasteiger partial charge >= 0.3 is 0 Å². The third-order valence-electron chi connectivity index (χ3n) is 7.73. The van der Waals surface area contributed by atoms with Crippen molar-refractivity contribution in [3.8, 4) is 46.0 Å². The summed E-state index contributed by atoms with van der Waals surface area (Å²) in [5.74, 6) is 0.0865. The second kappa shape index (κ2) is 17.5. The van der Waals surface area contributed by atoms with Gasteiger partial charge in [0.25, 0.3) is 0 Å². The molecule has 0 saturated carbocycles. The fourth-order valence-corrected chi connectivity index (χ4v) is 4.35. The number of aryl methyl sites for hydroxylation is 5. The van der Waals surface area contributed by atoms with Crippen LogP contribution in [0.25, 0.3) is 0 Å². The molecule has 1 aliphatic heterocycles. The number of phenols is 7. The van der Waals surface area contributed by atoms with E-state index in [1.807, 2.05) is 39.8 Å². The van der Waals surface area contributed by atoms with Crippen LogP contribution < -0.4 is 4.74 Å². The van der Waals surface area contributed by atoms with Crippen molar-refractivity contribution in [3.05, 3.63) is 93.5 Å². The van der Waals surface area contributed by atoms with Gasteiger partial charge in [-0.2, -0.15) is 0 Å². The van der Waals surface area contributed by atoms with Crippen LogP contribution in [0, 0.1) is 48.5 Å². The average Bonchev–Trinajstić information content (AvgIpc) is 3.03. The van der Waals surface area contributed by atoms with E-state index in [9.17, 15) is 25.5 Å². The number of hydrogen-bond acceptors (Lipinski definition) is 12. The second-order valence-electron chi connectivity index (χ2n) is 12.0. The second-order valence-corrected chi connectivity index (χ2v) is 12.0. The van der Waals surface area contributed by atoms with Gasteiger partial charge in [0.1, 0.15) is 47.1 Å². The Morgan fingerprint density at radius 2 is 0.918 bits per heavy atom. The molecule has 1 aliphatic rings. The lowest BCUT2D eigenvalue weighted by Gasteiger charge is -2.38. The maximum Gasteiger partial charge on any atom is 0.229 e. The molecule has 0 aliphatic carbocycles. The summed E-state index contributed by atoms with van der Waals surface area (Å²) in [6.45, 7) is 13.9. The quantitative estimate of drug-likeness (QED) is 0.125. The van der Waals surface area contributed by atoms with E-state index in [2.05, 4.69) is 0 Å². The Morgan fingerprint density at radius 1 is 0.490 bits per heavy atom. The van der Waals surface area contributed by atoms with Crippen LogP contribution in [0.15, 0.2) is 54.6 Å². The predicted molar refractivity (Wildman–Crippen MR) is 184 cm³/mol. The Kier molecular flexibility index (Phi) is 14.4. The predicted octanol–water partition coefficient (Wildman–Crippen LogP) is 5.05. The highest BCUT2D eigenvalue weighted by Gasteiger charge is 2.43. The lowest BCUT2D eigenvalue weighted by molar-refractivity contribution is -0.268. The number of hydrogen-bond donors (Lipinski definition) is 10. The zero-order chi connectivity index (χ0) is 37.3. The summed E-state index contributed by atoms with van der Waals surface area (Å²) in [6.07, 6.45) is -6.16. The highest BCUT2D eigenvalue weighted by molar-refractivity contribution is 5.53. The SMILES string of the molecule is Cc1cc(O)c(C)c(O)c1.Cc1cc(O)c(C)c(O)c1.Cc1ccc(C)c(O)c1.Cc1ccc(OC2OC(C)C(O)C(O)C2O)c(O)c1O. The summed E-state index contributed by atoms with van der Waals surface area (Å²) < 4.78 is 10.5. The van der Waals surface area contributed by atoms with Crippen LogP contribution in [-0.4, -0.2) is 81.8 Å². The first-order valence-corrected chi connectivity index (χ1v) is 15.4. The van der Waals surface area contributed by atoms with E-state index in [4.69, 9.17) is 35.0 Å². The average molecular weight is 685 g/mol. The Hall–Kier alpha value is -4.88. The molecule has 5 atom stereocenters. The monoisotopic (exact) mass is 684 g/mol. The molecular formula is C37H48O12. The summed E-state index contributed by atoms with van der Waals surface area (Å²) in [5.41, 5.74) is 5.28. The summed E-state index contributed by atoms with van der Waals surface area (Å²) in [6, 6.07) is 15.1. The molecule has 0 bridgehead atoms. The van der Waals surface area contributed by atoms with Gasteiger partial charge in [0.2, 0.25) is 12.0 Å². The van der Waals surface area contributed by atoms with E-state index < -0.39 is 36.5 Å². The van der Waals surface area contributed by atoms with Gasteiger partial charge < -0.3 is 60.5 Å². The van der Waals surface area contributed by atoms with Crippen molar-refractivity contribution < 1.29 is 60.5 Å². The minimum atomic E-state index is -1.48. The first kappa shape index (κ1) is 40.3. The number of rotatable bonds is 2. The van der Waals surface area contributed by atoms with Gasteiger partial charge in [-0.1, -0.05) is 18.2 Å². The minimum absolute atomic E-state index is 0.0899. The maximum atomic E-state index is 9.80. The third-order valence-corrected chi connectivity index (χ3v) is 7.73. The molecule has 0 amide bonds. The molecule has 10 N–H and O–H groups in total. The van der Waals surface area contributed by atoms with Crippen LogP contribution in [0.4, 0.5) is 0 Å². The van der Waals surface area contributed by atoms with Crippen molar-refractivity contribution >= 4 is 0 Å². The van der Waals surface area contributed by atoms with E-state index in [0.29, 0.717) is 22.4 Å². The van der Waals surface area contributed by atoms with Gasteiger partial charge in [-0.25, -0.2) is 0 Å². The molecule has 0 aromatic heterocycles. The number of aliphatic hydroxyl groups excluding tert-OH is 3. The van der Waals surface area contributed by atoms with Crippen LogP contribution in [-0.2, 0) is 4.74 Å². The van der Waals surface area contributed by atoms with Gasteiger partial charge in [0.15, 0.2) is 11.5 Å². The smallest absolute Gasteiger partial charge is 0.229 e. The summed E-state index contributed by atoms with van der Waals surface area (Å²) >= 11 is 0. The van der Waals surface area contributed by atoms with Crippen LogP contribution in [0.3, 0.4) is 0 Å². The van der Waals surface area contributed by atoms with Crippen molar-refractivity contribution in [1.29, 1.82) is 0 Å². The van der Waals surface area contributed by atoms with Crippen LogP contribution >= 0.6 is 0 Å². The first-order chi connectivity index (χ1) is 22.7.